The molecule has 0 aromatic carbocycles. The van der Waals surface area contributed by atoms with Crippen LogP contribution in [-0.2, 0) is 14.3 Å². The number of morpholine rings is 1. The number of carbonyl (C=O) groups excluding carboxylic acids is 3. The van der Waals surface area contributed by atoms with Crippen LogP contribution in [0.3, 0.4) is 0 Å². The molecule has 0 atom stereocenters. The first-order chi connectivity index (χ1) is 12.1. The SMILES string of the molecule is O=C1C(=O)N(C23CC4CC(CC(C4)C2)C3)C(=O)N1CN1CCOCC1. The molecule has 25 heavy (non-hydrogen) atoms. The molecule has 6 rings (SSSR count). The molecule has 0 radical (unpaired) electrons. The molecule has 0 spiro atoms. The van der Waals surface area contributed by atoms with Crippen molar-refractivity contribution in [3.05, 3.63) is 0 Å². The van der Waals surface area contributed by atoms with E-state index in [2.05, 4.69) is 0 Å². The van der Waals surface area contributed by atoms with Gasteiger partial charge in [-0.15, -0.1) is 0 Å². The first-order valence-electron chi connectivity index (χ1n) is 9.56. The third-order valence-corrected chi connectivity index (χ3v) is 6.98. The van der Waals surface area contributed by atoms with Gasteiger partial charge in [-0.3, -0.25) is 14.5 Å². The Morgan fingerprint density at radius 1 is 0.880 bits per heavy atom. The van der Waals surface area contributed by atoms with E-state index in [1.54, 1.807) is 0 Å². The Balaban J connectivity index is 1.39. The lowest BCUT2D eigenvalue weighted by molar-refractivity contribution is -0.150. The van der Waals surface area contributed by atoms with E-state index in [0.717, 1.165) is 24.2 Å². The van der Waals surface area contributed by atoms with Gasteiger partial charge in [0, 0.05) is 13.1 Å². The summed E-state index contributed by atoms with van der Waals surface area (Å²) in [5.41, 5.74) is -0.391. The van der Waals surface area contributed by atoms with Crippen LogP contribution in [0.15, 0.2) is 0 Å². The minimum absolute atomic E-state index is 0.204. The summed E-state index contributed by atoms with van der Waals surface area (Å²) in [5.74, 6) is 0.619. The molecule has 4 amide bonds. The van der Waals surface area contributed by atoms with Gasteiger partial charge in [0.2, 0.25) is 0 Å². The molecule has 4 aliphatic carbocycles. The largest absolute Gasteiger partial charge is 0.379 e. The standard InChI is InChI=1S/C18H25N3O4/c22-15-16(23)21(17(24)20(15)11-19-1-3-25-4-2-19)18-8-12-5-13(9-18)7-14(6-12)10-18/h12-14H,1-11H2. The Hall–Kier alpha value is -1.47. The van der Waals surface area contributed by atoms with Crippen molar-refractivity contribution in [2.24, 2.45) is 17.8 Å². The van der Waals surface area contributed by atoms with Crippen LogP contribution in [0.25, 0.3) is 0 Å². The van der Waals surface area contributed by atoms with Gasteiger partial charge in [-0.1, -0.05) is 0 Å². The normalized spacial score (nSPS) is 41.3. The molecule has 4 saturated carbocycles. The van der Waals surface area contributed by atoms with E-state index in [9.17, 15) is 14.4 Å². The molecule has 2 heterocycles. The lowest BCUT2D eigenvalue weighted by Gasteiger charge is -2.58. The number of urea groups is 1. The molecule has 0 unspecified atom stereocenters. The van der Waals surface area contributed by atoms with Crippen LogP contribution >= 0.6 is 0 Å². The van der Waals surface area contributed by atoms with Gasteiger partial charge in [-0.2, -0.15) is 0 Å². The van der Waals surface area contributed by atoms with Crippen LogP contribution in [0.4, 0.5) is 4.79 Å². The zero-order valence-electron chi connectivity index (χ0n) is 14.5. The van der Waals surface area contributed by atoms with Gasteiger partial charge in [0.25, 0.3) is 0 Å². The number of amides is 4. The second kappa shape index (κ2) is 5.51. The van der Waals surface area contributed by atoms with Crippen molar-refractivity contribution in [1.29, 1.82) is 0 Å². The molecule has 0 aromatic rings. The van der Waals surface area contributed by atoms with Crippen molar-refractivity contribution in [3.8, 4) is 0 Å². The number of carbonyl (C=O) groups is 3. The molecule has 136 valence electrons. The van der Waals surface area contributed by atoms with Gasteiger partial charge in [0.05, 0.1) is 25.4 Å². The Bertz CT molecular complexity index is 593. The summed E-state index contributed by atoms with van der Waals surface area (Å²) in [6.45, 7) is 2.77. The first kappa shape index (κ1) is 15.8. The van der Waals surface area contributed by atoms with Crippen molar-refractivity contribution < 1.29 is 19.1 Å². The third kappa shape index (κ3) is 2.35. The van der Waals surface area contributed by atoms with E-state index in [4.69, 9.17) is 4.74 Å². The lowest BCUT2D eigenvalue weighted by Crippen LogP contribution is -2.62. The second-order valence-corrected chi connectivity index (χ2v) is 8.67. The fourth-order valence-electron chi connectivity index (χ4n) is 6.33. The fourth-order valence-corrected chi connectivity index (χ4v) is 6.33. The maximum atomic E-state index is 13.1. The van der Waals surface area contributed by atoms with Crippen LogP contribution < -0.4 is 0 Å². The van der Waals surface area contributed by atoms with Crippen LogP contribution in [0, 0.1) is 17.8 Å². The third-order valence-electron chi connectivity index (χ3n) is 6.98. The summed E-state index contributed by atoms with van der Waals surface area (Å²) in [5, 5.41) is 0. The number of hydrogen-bond donors (Lipinski definition) is 0. The molecule has 2 aliphatic heterocycles. The smallest absolute Gasteiger partial charge is 0.335 e. The summed E-state index contributed by atoms with van der Waals surface area (Å²) in [6, 6.07) is -0.386. The van der Waals surface area contributed by atoms with Crippen molar-refractivity contribution in [3.63, 3.8) is 0 Å². The van der Waals surface area contributed by atoms with E-state index in [1.807, 2.05) is 4.90 Å². The van der Waals surface area contributed by atoms with Crippen molar-refractivity contribution >= 4 is 17.8 Å². The average Bonchev–Trinajstić information content (AvgIpc) is 2.78. The number of hydrogen-bond acceptors (Lipinski definition) is 5. The maximum Gasteiger partial charge on any atom is 0.335 e. The quantitative estimate of drug-likeness (QED) is 0.563. The molecule has 7 heteroatoms. The molecule has 0 N–H and O–H groups in total. The lowest BCUT2D eigenvalue weighted by atomic mass is 9.52. The molecular formula is C18H25N3O4. The molecule has 7 nitrogen and oxygen atoms in total. The molecule has 2 saturated heterocycles. The van der Waals surface area contributed by atoms with E-state index >= 15 is 0 Å². The number of ether oxygens (including phenoxy) is 1. The zero-order chi connectivity index (χ0) is 17.2. The summed E-state index contributed by atoms with van der Waals surface area (Å²) in [7, 11) is 0. The van der Waals surface area contributed by atoms with Gasteiger partial charge >= 0.3 is 17.8 Å². The van der Waals surface area contributed by atoms with Gasteiger partial charge in [0.15, 0.2) is 0 Å². The maximum absolute atomic E-state index is 13.1. The highest BCUT2D eigenvalue weighted by Crippen LogP contribution is 2.58. The molecule has 0 aromatic heterocycles. The van der Waals surface area contributed by atoms with Crippen molar-refractivity contribution in [1.82, 2.24) is 14.7 Å². The van der Waals surface area contributed by atoms with Crippen LogP contribution in [0.2, 0.25) is 0 Å². The van der Waals surface area contributed by atoms with Gasteiger partial charge in [-0.25, -0.2) is 14.6 Å². The summed E-state index contributed by atoms with van der Waals surface area (Å²) >= 11 is 0. The van der Waals surface area contributed by atoms with Crippen LogP contribution in [0.5, 0.6) is 0 Å². The highest BCUT2D eigenvalue weighted by atomic mass is 16.5. The second-order valence-electron chi connectivity index (χ2n) is 8.67. The number of rotatable bonds is 3. The predicted molar refractivity (Wildman–Crippen MR) is 87.3 cm³/mol. The Morgan fingerprint density at radius 2 is 1.44 bits per heavy atom. The summed E-state index contributed by atoms with van der Waals surface area (Å²) < 4.78 is 5.32. The molecule has 6 aliphatic rings. The van der Waals surface area contributed by atoms with E-state index in [0.29, 0.717) is 44.1 Å². The number of imide groups is 2. The minimum Gasteiger partial charge on any atom is -0.379 e. The highest BCUT2D eigenvalue weighted by Gasteiger charge is 2.61. The highest BCUT2D eigenvalue weighted by molar-refractivity contribution is 6.44. The van der Waals surface area contributed by atoms with Crippen LogP contribution in [-0.4, -0.2) is 71.1 Å². The average molecular weight is 347 g/mol. The number of nitrogens with zero attached hydrogens (tertiary/aromatic N) is 3. The fraction of sp³-hybridized carbons (Fsp3) is 0.833. The van der Waals surface area contributed by atoms with E-state index in [1.165, 1.54) is 24.2 Å². The molecule has 6 fully saturated rings. The van der Waals surface area contributed by atoms with Gasteiger partial charge < -0.3 is 4.74 Å². The topological polar surface area (TPSA) is 70.2 Å². The summed E-state index contributed by atoms with van der Waals surface area (Å²) in [6.07, 6.45) is 6.40. The van der Waals surface area contributed by atoms with Gasteiger partial charge in [-0.05, 0) is 56.3 Å². The minimum atomic E-state index is -0.646. The first-order valence-corrected chi connectivity index (χ1v) is 9.56. The van der Waals surface area contributed by atoms with Crippen molar-refractivity contribution in [2.75, 3.05) is 33.0 Å². The van der Waals surface area contributed by atoms with E-state index in [-0.39, 0.29) is 12.7 Å². The molecule has 4 bridgehead atoms. The monoisotopic (exact) mass is 347 g/mol. The zero-order valence-corrected chi connectivity index (χ0v) is 14.5. The van der Waals surface area contributed by atoms with Crippen molar-refractivity contribution in [2.45, 2.75) is 44.1 Å². The predicted octanol–water partition coefficient (Wildman–Crippen LogP) is 1.04. The van der Waals surface area contributed by atoms with Crippen LogP contribution in [0.1, 0.15) is 38.5 Å². The Labute approximate surface area is 147 Å². The molecular weight excluding hydrogens is 322 g/mol. The Morgan fingerprint density at radius 3 is 2.00 bits per heavy atom. The van der Waals surface area contributed by atoms with E-state index < -0.39 is 17.4 Å². The Kier molecular flexibility index (Phi) is 3.47. The summed E-state index contributed by atoms with van der Waals surface area (Å²) in [4.78, 5) is 42.9. The van der Waals surface area contributed by atoms with Gasteiger partial charge in [0.1, 0.15) is 0 Å².